The number of fused-ring (bicyclic) bond motifs is 1. The topological polar surface area (TPSA) is 120 Å². The zero-order chi connectivity index (χ0) is 20.3. The molecule has 0 unspecified atom stereocenters. The number of carboxylic acid groups (broad SMARTS) is 1. The second-order valence-corrected chi connectivity index (χ2v) is 6.65. The van der Waals surface area contributed by atoms with Crippen molar-refractivity contribution < 1.29 is 24.2 Å². The van der Waals surface area contributed by atoms with Crippen molar-refractivity contribution in [3.05, 3.63) is 75.1 Å². The number of carbonyl (C=O) groups is 2. The summed E-state index contributed by atoms with van der Waals surface area (Å²) in [7, 11) is 0. The fourth-order valence-electron chi connectivity index (χ4n) is 2.83. The highest BCUT2D eigenvalue weighted by molar-refractivity contribution is 6.30. The van der Waals surface area contributed by atoms with Crippen LogP contribution in [0.1, 0.15) is 11.1 Å². The van der Waals surface area contributed by atoms with Crippen LogP contribution in [-0.4, -0.2) is 23.0 Å². The number of hydrogen-bond donors (Lipinski definition) is 2. The molecule has 0 fully saturated rings. The van der Waals surface area contributed by atoms with Crippen LogP contribution in [-0.2, 0) is 22.4 Å². The van der Waals surface area contributed by atoms with Gasteiger partial charge in [-0.2, -0.15) is 0 Å². The molecule has 1 atom stereocenters. The van der Waals surface area contributed by atoms with Gasteiger partial charge in [0.05, 0.1) is 18.4 Å². The predicted octanol–water partition coefficient (Wildman–Crippen LogP) is 1.17. The summed E-state index contributed by atoms with van der Waals surface area (Å²) in [6, 6.07) is 10.7. The molecule has 0 saturated carbocycles. The number of amides is 1. The first kappa shape index (κ1) is 19.4. The van der Waals surface area contributed by atoms with Gasteiger partial charge in [0, 0.05) is 22.5 Å². The zero-order valence-corrected chi connectivity index (χ0v) is 15.2. The highest BCUT2D eigenvalue weighted by Crippen LogP contribution is 2.22. The van der Waals surface area contributed by atoms with Crippen LogP contribution in [0.5, 0.6) is 5.75 Å². The van der Waals surface area contributed by atoms with E-state index in [0.717, 1.165) is 6.07 Å². The van der Waals surface area contributed by atoms with Crippen molar-refractivity contribution in [1.82, 2.24) is 5.32 Å². The van der Waals surface area contributed by atoms with E-state index in [-0.39, 0.29) is 24.2 Å². The molecule has 0 saturated heterocycles. The number of hydrogen-bond acceptors (Lipinski definition) is 6. The van der Waals surface area contributed by atoms with Crippen LogP contribution in [0.25, 0.3) is 11.0 Å². The Labute approximate surface area is 164 Å². The fraction of sp³-hybridized carbons (Fsp3) is 0.150. The Bertz CT molecular complexity index is 1090. The summed E-state index contributed by atoms with van der Waals surface area (Å²) in [6.45, 7) is 0. The van der Waals surface area contributed by atoms with Crippen LogP contribution in [0.15, 0.2) is 57.7 Å². The van der Waals surface area contributed by atoms with E-state index in [9.17, 15) is 24.6 Å². The lowest BCUT2D eigenvalue weighted by Gasteiger charge is -2.20. The first-order valence-corrected chi connectivity index (χ1v) is 8.70. The number of phenols is 1. The van der Waals surface area contributed by atoms with Crippen molar-refractivity contribution in [3.63, 3.8) is 0 Å². The van der Waals surface area contributed by atoms with Gasteiger partial charge in [-0.1, -0.05) is 23.7 Å². The number of benzene rings is 2. The van der Waals surface area contributed by atoms with E-state index in [1.807, 2.05) is 0 Å². The molecule has 2 N–H and O–H groups in total. The van der Waals surface area contributed by atoms with E-state index in [2.05, 4.69) is 5.32 Å². The first-order valence-electron chi connectivity index (χ1n) is 8.32. The normalized spacial score (nSPS) is 11.9. The van der Waals surface area contributed by atoms with E-state index in [1.54, 1.807) is 24.3 Å². The lowest BCUT2D eigenvalue weighted by molar-refractivity contribution is -0.308. The van der Waals surface area contributed by atoms with Crippen LogP contribution < -0.4 is 16.0 Å². The molecular weight excluding hydrogens is 386 g/mol. The van der Waals surface area contributed by atoms with Gasteiger partial charge in [-0.15, -0.1) is 0 Å². The number of phenolic OH excluding ortho intramolecular Hbond substituents is 1. The van der Waals surface area contributed by atoms with E-state index in [4.69, 9.17) is 16.0 Å². The standard InChI is InChI=1S/C20H16ClNO6/c21-13-3-1-11(2-4-13)7-16(20(26)27)22-18(24)8-12-9-19(25)28-17-10-14(23)5-6-15(12)17/h1-6,9-10,16,23H,7-8H2,(H,22,24)(H,26,27)/p-1/t16-/m0/s1. The number of carbonyl (C=O) groups excluding carboxylic acids is 2. The molecule has 28 heavy (non-hydrogen) atoms. The van der Waals surface area contributed by atoms with Gasteiger partial charge in [-0.3, -0.25) is 4.79 Å². The van der Waals surface area contributed by atoms with Gasteiger partial charge in [-0.25, -0.2) is 4.79 Å². The summed E-state index contributed by atoms with van der Waals surface area (Å²) >= 11 is 5.81. The van der Waals surface area contributed by atoms with Gasteiger partial charge < -0.3 is 24.7 Å². The monoisotopic (exact) mass is 400 g/mol. The highest BCUT2D eigenvalue weighted by atomic mass is 35.5. The largest absolute Gasteiger partial charge is 0.548 e. The third-order valence-corrected chi connectivity index (χ3v) is 4.39. The molecule has 1 aromatic heterocycles. The summed E-state index contributed by atoms with van der Waals surface area (Å²) in [5.74, 6) is -2.11. The SMILES string of the molecule is O=C(Cc1cc(=O)oc2cc(O)ccc12)N[C@@H](Cc1ccc(Cl)cc1)C(=O)[O-]. The van der Waals surface area contributed by atoms with Crippen LogP contribution in [0.2, 0.25) is 5.02 Å². The van der Waals surface area contributed by atoms with Gasteiger partial charge in [0.15, 0.2) is 0 Å². The number of aliphatic carboxylic acids is 1. The minimum atomic E-state index is -1.43. The second-order valence-electron chi connectivity index (χ2n) is 6.22. The Morgan fingerprint density at radius 3 is 2.54 bits per heavy atom. The highest BCUT2D eigenvalue weighted by Gasteiger charge is 2.16. The molecular formula is C20H15ClNO6-. The van der Waals surface area contributed by atoms with Crippen molar-refractivity contribution in [2.75, 3.05) is 0 Å². The summed E-state index contributed by atoms with van der Waals surface area (Å²) in [5, 5.41) is 24.3. The molecule has 0 aliphatic heterocycles. The number of nitrogens with one attached hydrogen (secondary N) is 1. The van der Waals surface area contributed by atoms with Gasteiger partial charge >= 0.3 is 5.63 Å². The fourth-order valence-corrected chi connectivity index (χ4v) is 2.96. The Morgan fingerprint density at radius 2 is 1.86 bits per heavy atom. The van der Waals surface area contributed by atoms with Crippen LogP contribution in [0.4, 0.5) is 0 Å². The Hall–Kier alpha value is -3.32. The molecule has 0 aliphatic carbocycles. The van der Waals surface area contributed by atoms with E-state index in [1.165, 1.54) is 18.2 Å². The third-order valence-electron chi connectivity index (χ3n) is 4.14. The predicted molar refractivity (Wildman–Crippen MR) is 99.9 cm³/mol. The summed E-state index contributed by atoms with van der Waals surface area (Å²) in [4.78, 5) is 35.5. The maximum atomic E-state index is 12.4. The van der Waals surface area contributed by atoms with Gasteiger partial charge in [0.2, 0.25) is 5.91 Å². The molecule has 0 bridgehead atoms. The molecule has 144 valence electrons. The van der Waals surface area contributed by atoms with E-state index in [0.29, 0.717) is 21.5 Å². The second kappa shape index (κ2) is 8.14. The maximum absolute atomic E-state index is 12.4. The minimum absolute atomic E-state index is 0.0246. The molecule has 1 heterocycles. The summed E-state index contributed by atoms with van der Waals surface area (Å²) < 4.78 is 5.01. The molecule has 0 aliphatic rings. The molecule has 1 amide bonds. The van der Waals surface area contributed by atoms with Gasteiger partial charge in [-0.05, 0) is 41.8 Å². The Kier molecular flexibility index (Phi) is 5.65. The molecule has 8 heteroatoms. The number of carboxylic acids is 1. The van der Waals surface area contributed by atoms with E-state index >= 15 is 0 Å². The first-order chi connectivity index (χ1) is 13.3. The molecule has 7 nitrogen and oxygen atoms in total. The smallest absolute Gasteiger partial charge is 0.336 e. The summed E-state index contributed by atoms with van der Waals surface area (Å²) in [6.07, 6.45) is -0.214. The average Bonchev–Trinajstić information content (AvgIpc) is 2.62. The molecule has 3 rings (SSSR count). The summed E-state index contributed by atoms with van der Waals surface area (Å²) in [5.41, 5.74) is 0.471. The minimum Gasteiger partial charge on any atom is -0.548 e. The third kappa shape index (κ3) is 4.69. The lowest BCUT2D eigenvalue weighted by Crippen LogP contribution is -2.49. The van der Waals surface area contributed by atoms with E-state index < -0.39 is 23.5 Å². The molecule has 3 aromatic rings. The lowest BCUT2D eigenvalue weighted by atomic mass is 10.0. The van der Waals surface area contributed by atoms with Crippen molar-refractivity contribution in [1.29, 1.82) is 0 Å². The van der Waals surface area contributed by atoms with Crippen molar-refractivity contribution in [2.45, 2.75) is 18.9 Å². The zero-order valence-electron chi connectivity index (χ0n) is 14.5. The molecule has 0 spiro atoms. The number of halogens is 1. The number of aromatic hydroxyl groups is 1. The molecule has 2 aromatic carbocycles. The van der Waals surface area contributed by atoms with Crippen LogP contribution in [0.3, 0.4) is 0 Å². The Balaban J connectivity index is 1.78. The average molecular weight is 401 g/mol. The number of rotatable bonds is 6. The maximum Gasteiger partial charge on any atom is 0.336 e. The van der Waals surface area contributed by atoms with Gasteiger partial charge in [0.1, 0.15) is 11.3 Å². The molecule has 0 radical (unpaired) electrons. The van der Waals surface area contributed by atoms with Crippen molar-refractivity contribution >= 4 is 34.4 Å². The van der Waals surface area contributed by atoms with Gasteiger partial charge in [0.25, 0.3) is 0 Å². The van der Waals surface area contributed by atoms with Crippen molar-refractivity contribution in [3.8, 4) is 5.75 Å². The van der Waals surface area contributed by atoms with Crippen LogP contribution >= 0.6 is 11.6 Å². The Morgan fingerprint density at radius 1 is 1.14 bits per heavy atom. The van der Waals surface area contributed by atoms with Crippen molar-refractivity contribution in [2.24, 2.45) is 0 Å². The quantitative estimate of drug-likeness (QED) is 0.599. The van der Waals surface area contributed by atoms with Crippen LogP contribution in [0, 0.1) is 0 Å².